The average Bonchev–Trinajstić information content (AvgIpc) is 2.75. The molecular weight excluding hydrogens is 432 g/mol. The van der Waals surface area contributed by atoms with E-state index in [1.165, 1.54) is 0 Å². The van der Waals surface area contributed by atoms with Gasteiger partial charge in [-0.05, 0) is 48.5 Å². The molecule has 4 heterocycles. The zero-order valence-electron chi connectivity index (χ0n) is 14.1. The van der Waals surface area contributed by atoms with Gasteiger partial charge in [0.2, 0.25) is 0 Å². The molecule has 0 atom stereocenters. The number of hydrogen-bond donors (Lipinski definition) is 0. The Morgan fingerprint density at radius 1 is 0.269 bits per heavy atom. The molecule has 136 valence electrons. The van der Waals surface area contributed by atoms with Gasteiger partial charge in [0.1, 0.15) is 0 Å². The quantitative estimate of drug-likeness (QED) is 0.356. The SMILES string of the molecule is Br.[Fe].c1ccncc1.c1ccncc1.c1ccncc1.c1ccncc1. The fraction of sp³-hybridized carbons (Fsp3) is 0. The monoisotopic (exact) mass is 452 g/mol. The molecule has 0 aromatic carbocycles. The molecule has 0 bridgehead atoms. The van der Waals surface area contributed by atoms with Crippen LogP contribution >= 0.6 is 17.0 Å². The molecule has 26 heavy (non-hydrogen) atoms. The molecule has 0 radical (unpaired) electrons. The van der Waals surface area contributed by atoms with Crippen LogP contribution in [0.2, 0.25) is 0 Å². The first-order chi connectivity index (χ1) is 12.0. The van der Waals surface area contributed by atoms with Crippen molar-refractivity contribution in [3.05, 3.63) is 122 Å². The van der Waals surface area contributed by atoms with Crippen molar-refractivity contribution in [2.75, 3.05) is 0 Å². The third-order valence-corrected chi connectivity index (χ3v) is 2.27. The van der Waals surface area contributed by atoms with E-state index in [0.717, 1.165) is 0 Å². The molecule has 0 aliphatic carbocycles. The van der Waals surface area contributed by atoms with Gasteiger partial charge < -0.3 is 0 Å². The summed E-state index contributed by atoms with van der Waals surface area (Å²) in [7, 11) is 0. The maximum absolute atomic E-state index is 3.78. The van der Waals surface area contributed by atoms with Crippen molar-refractivity contribution in [3.8, 4) is 0 Å². The number of aromatic nitrogens is 4. The Morgan fingerprint density at radius 3 is 0.462 bits per heavy atom. The van der Waals surface area contributed by atoms with Crippen molar-refractivity contribution in [1.82, 2.24) is 19.9 Å². The van der Waals surface area contributed by atoms with Crippen molar-refractivity contribution < 1.29 is 17.1 Å². The van der Waals surface area contributed by atoms with Crippen LogP contribution in [0.4, 0.5) is 0 Å². The van der Waals surface area contributed by atoms with Gasteiger partial charge in [-0.1, -0.05) is 24.3 Å². The number of pyridine rings is 4. The van der Waals surface area contributed by atoms with Gasteiger partial charge in [0.05, 0.1) is 0 Å². The third kappa shape index (κ3) is 19.6. The van der Waals surface area contributed by atoms with E-state index in [1.807, 2.05) is 72.8 Å². The Kier molecular flexibility index (Phi) is 22.5. The predicted octanol–water partition coefficient (Wildman–Crippen LogP) is 4.90. The molecule has 4 aromatic rings. The summed E-state index contributed by atoms with van der Waals surface area (Å²) >= 11 is 0. The van der Waals surface area contributed by atoms with E-state index >= 15 is 0 Å². The van der Waals surface area contributed by atoms with Crippen molar-refractivity contribution in [3.63, 3.8) is 0 Å². The Morgan fingerprint density at radius 2 is 0.423 bits per heavy atom. The summed E-state index contributed by atoms with van der Waals surface area (Å²) in [5.74, 6) is 0. The molecule has 0 saturated heterocycles. The van der Waals surface area contributed by atoms with Crippen LogP contribution < -0.4 is 0 Å². The molecule has 4 nitrogen and oxygen atoms in total. The largest absolute Gasteiger partial charge is 0.265 e. The molecule has 4 aromatic heterocycles. The molecule has 0 aliphatic heterocycles. The van der Waals surface area contributed by atoms with Crippen molar-refractivity contribution in [1.29, 1.82) is 0 Å². The van der Waals surface area contributed by atoms with Crippen molar-refractivity contribution in [2.24, 2.45) is 0 Å². The zero-order chi connectivity index (χ0) is 17.0. The summed E-state index contributed by atoms with van der Waals surface area (Å²) in [6, 6.07) is 22.9. The number of hydrogen-bond acceptors (Lipinski definition) is 4. The molecule has 0 aliphatic rings. The molecule has 0 unspecified atom stereocenters. The normalized spacial score (nSPS) is 7.38. The Hall–Kier alpha value is -2.40. The number of halogens is 1. The van der Waals surface area contributed by atoms with Crippen LogP contribution in [0.1, 0.15) is 0 Å². The van der Waals surface area contributed by atoms with E-state index < -0.39 is 0 Å². The second-order valence-corrected chi connectivity index (χ2v) is 4.10. The minimum Gasteiger partial charge on any atom is -0.265 e. The molecule has 0 N–H and O–H groups in total. The Balaban J connectivity index is 0. The molecule has 4 rings (SSSR count). The van der Waals surface area contributed by atoms with Crippen molar-refractivity contribution >= 4 is 17.0 Å². The van der Waals surface area contributed by atoms with Gasteiger partial charge in [0, 0.05) is 66.6 Å². The number of nitrogens with zero attached hydrogens (tertiary/aromatic N) is 4. The maximum atomic E-state index is 3.78. The van der Waals surface area contributed by atoms with E-state index in [2.05, 4.69) is 19.9 Å². The molecule has 0 amide bonds. The fourth-order valence-corrected chi connectivity index (χ4v) is 1.25. The topological polar surface area (TPSA) is 51.6 Å². The van der Waals surface area contributed by atoms with Crippen LogP contribution in [0.5, 0.6) is 0 Å². The van der Waals surface area contributed by atoms with E-state index in [1.54, 1.807) is 49.6 Å². The van der Waals surface area contributed by atoms with Crippen LogP contribution in [0, 0.1) is 0 Å². The van der Waals surface area contributed by atoms with E-state index in [4.69, 9.17) is 0 Å². The molecule has 0 saturated carbocycles. The molecule has 6 heteroatoms. The Labute approximate surface area is 176 Å². The van der Waals surface area contributed by atoms with Crippen molar-refractivity contribution in [2.45, 2.75) is 0 Å². The van der Waals surface area contributed by atoms with E-state index in [-0.39, 0.29) is 34.1 Å². The standard InChI is InChI=1S/4C5H5N.BrH.Fe/c4*1-2-4-6-5-3-1;;/h4*1-5H;1H;. The minimum atomic E-state index is 0. The third-order valence-electron chi connectivity index (χ3n) is 2.27. The number of rotatable bonds is 0. The summed E-state index contributed by atoms with van der Waals surface area (Å²) in [6.45, 7) is 0. The molecule has 0 fully saturated rings. The first-order valence-electron chi connectivity index (χ1n) is 7.40. The van der Waals surface area contributed by atoms with Crippen LogP contribution in [0.3, 0.4) is 0 Å². The first-order valence-corrected chi connectivity index (χ1v) is 7.40. The fourth-order valence-electron chi connectivity index (χ4n) is 1.25. The zero-order valence-corrected chi connectivity index (χ0v) is 16.9. The summed E-state index contributed by atoms with van der Waals surface area (Å²) < 4.78 is 0. The van der Waals surface area contributed by atoms with Crippen LogP contribution in [-0.2, 0) is 17.1 Å². The van der Waals surface area contributed by atoms with E-state index in [0.29, 0.717) is 0 Å². The van der Waals surface area contributed by atoms with Crippen LogP contribution in [0.15, 0.2) is 122 Å². The van der Waals surface area contributed by atoms with Crippen LogP contribution in [0.25, 0.3) is 0 Å². The molecule has 0 spiro atoms. The molecular formula is C20H21BrFeN4. The summed E-state index contributed by atoms with van der Waals surface area (Å²) in [6.07, 6.45) is 14.0. The van der Waals surface area contributed by atoms with E-state index in [9.17, 15) is 0 Å². The first kappa shape index (κ1) is 25.8. The summed E-state index contributed by atoms with van der Waals surface area (Å²) in [5.41, 5.74) is 0. The minimum absolute atomic E-state index is 0. The summed E-state index contributed by atoms with van der Waals surface area (Å²) in [4.78, 5) is 15.1. The maximum Gasteiger partial charge on any atom is 0.0267 e. The van der Waals surface area contributed by atoms with Gasteiger partial charge in [-0.2, -0.15) is 0 Å². The second-order valence-electron chi connectivity index (χ2n) is 4.10. The predicted molar refractivity (Wildman–Crippen MR) is 107 cm³/mol. The Bertz CT molecular complexity index is 442. The van der Waals surface area contributed by atoms with Gasteiger partial charge in [-0.15, -0.1) is 17.0 Å². The second kappa shape index (κ2) is 22.6. The van der Waals surface area contributed by atoms with Gasteiger partial charge in [0.25, 0.3) is 0 Å². The average molecular weight is 453 g/mol. The smallest absolute Gasteiger partial charge is 0.0267 e. The van der Waals surface area contributed by atoms with Gasteiger partial charge in [-0.3, -0.25) is 19.9 Å². The van der Waals surface area contributed by atoms with Gasteiger partial charge in [0.15, 0.2) is 0 Å². The van der Waals surface area contributed by atoms with Gasteiger partial charge >= 0.3 is 0 Å². The van der Waals surface area contributed by atoms with Crippen LogP contribution in [-0.4, -0.2) is 19.9 Å². The van der Waals surface area contributed by atoms with Gasteiger partial charge in [-0.25, -0.2) is 0 Å². The summed E-state index contributed by atoms with van der Waals surface area (Å²) in [5, 5.41) is 0.